The molecule has 1 heterocycles. The van der Waals surface area contributed by atoms with E-state index in [0.717, 1.165) is 25.7 Å². The van der Waals surface area contributed by atoms with Gasteiger partial charge in [0, 0.05) is 11.1 Å². The van der Waals surface area contributed by atoms with Crippen LogP contribution in [0, 0.1) is 0 Å². The summed E-state index contributed by atoms with van der Waals surface area (Å²) in [7, 11) is 0. The maximum Gasteiger partial charge on any atom is 0.0615 e. The highest BCUT2D eigenvalue weighted by atomic mass is 16.5. The second-order valence-corrected chi connectivity index (χ2v) is 10.2. The van der Waals surface area contributed by atoms with Crippen LogP contribution in [0.15, 0.2) is 24.3 Å². The third-order valence-corrected chi connectivity index (χ3v) is 6.70. The summed E-state index contributed by atoms with van der Waals surface area (Å²) in [4.78, 5) is 0. The first-order valence-electron chi connectivity index (χ1n) is 11.2. The van der Waals surface area contributed by atoms with Crippen LogP contribution in [0.2, 0.25) is 0 Å². The highest BCUT2D eigenvalue weighted by Crippen LogP contribution is 2.39. The minimum absolute atomic E-state index is 0.153. The lowest BCUT2D eigenvalue weighted by Crippen LogP contribution is -2.60. The smallest absolute Gasteiger partial charge is 0.0615 e. The van der Waals surface area contributed by atoms with Gasteiger partial charge in [-0.25, -0.2) is 0 Å². The van der Waals surface area contributed by atoms with E-state index in [4.69, 9.17) is 4.74 Å². The molecule has 0 aromatic heterocycles. The Hall–Kier alpha value is -0.900. The second-order valence-electron chi connectivity index (χ2n) is 10.2. The molecule has 1 fully saturated rings. The van der Waals surface area contributed by atoms with Crippen LogP contribution in [0.25, 0.3) is 0 Å². The van der Waals surface area contributed by atoms with Crippen molar-refractivity contribution in [3.63, 3.8) is 0 Å². The molecule has 1 aliphatic heterocycles. The molecule has 0 bridgehead atoms. The average molecular weight is 389 g/mol. The molecule has 159 valence electrons. The maximum absolute atomic E-state index is 12.6. The zero-order chi connectivity index (χ0) is 21.1. The molecule has 2 rings (SSSR count). The van der Waals surface area contributed by atoms with E-state index in [1.807, 2.05) is 27.7 Å². The topological polar surface area (TPSA) is 32.4 Å². The number of nitrogens with zero attached hydrogens (tertiary/aromatic N) is 1. The van der Waals surface area contributed by atoms with Gasteiger partial charge in [0.25, 0.3) is 0 Å². The molecule has 0 spiro atoms. The fraction of sp³-hybridized carbons (Fsp3) is 0.760. The number of benzene rings is 1. The van der Waals surface area contributed by atoms with Crippen molar-refractivity contribution >= 4 is 0 Å². The van der Waals surface area contributed by atoms with Crippen LogP contribution < -0.4 is 0 Å². The Kier molecular flexibility index (Phi) is 7.75. The third kappa shape index (κ3) is 5.58. The lowest BCUT2D eigenvalue weighted by atomic mass is 9.80. The van der Waals surface area contributed by atoms with Crippen LogP contribution in [0.3, 0.4) is 0 Å². The molecule has 0 aliphatic carbocycles. The largest absolute Gasteiger partial charge is 0.375 e. The molecule has 1 aromatic carbocycles. The third-order valence-electron chi connectivity index (χ3n) is 6.70. The highest BCUT2D eigenvalue weighted by Gasteiger charge is 2.47. The summed E-state index contributed by atoms with van der Waals surface area (Å²) in [5.41, 5.74) is 2.07. The van der Waals surface area contributed by atoms with E-state index in [2.05, 4.69) is 52.0 Å². The first kappa shape index (κ1) is 23.4. The molecule has 0 amide bonds. The number of ether oxygens (including phenoxy) is 1. The fourth-order valence-corrected chi connectivity index (χ4v) is 4.78. The molecule has 3 unspecified atom stereocenters. The van der Waals surface area contributed by atoms with E-state index < -0.39 is 0 Å². The molecule has 3 nitrogen and oxygen atoms in total. The normalized spacial score (nSPS) is 23.3. The van der Waals surface area contributed by atoms with Gasteiger partial charge in [0.05, 0.1) is 12.2 Å². The van der Waals surface area contributed by atoms with E-state index in [9.17, 15) is 5.21 Å². The minimum atomic E-state index is -0.373. The molecule has 0 saturated carbocycles. The first-order valence-corrected chi connectivity index (χ1v) is 11.2. The Labute approximate surface area is 173 Å². The summed E-state index contributed by atoms with van der Waals surface area (Å²) < 4.78 is 6.57. The molecule has 3 atom stereocenters. The number of rotatable bonds is 8. The van der Waals surface area contributed by atoms with Crippen LogP contribution in [0.1, 0.15) is 110 Å². The van der Waals surface area contributed by atoms with Crippen molar-refractivity contribution in [2.45, 2.75) is 123 Å². The van der Waals surface area contributed by atoms with E-state index >= 15 is 0 Å². The number of hydrogen-bond donors (Lipinski definition) is 0. The monoisotopic (exact) mass is 388 g/mol. The Morgan fingerprint density at radius 1 is 0.929 bits per heavy atom. The van der Waals surface area contributed by atoms with E-state index in [1.54, 1.807) is 0 Å². The Bertz CT molecular complexity index is 589. The van der Waals surface area contributed by atoms with Gasteiger partial charge in [0.15, 0.2) is 0 Å². The van der Waals surface area contributed by atoms with Crippen LogP contribution >= 0.6 is 0 Å². The Morgan fingerprint density at radius 2 is 1.39 bits per heavy atom. The van der Waals surface area contributed by atoms with Gasteiger partial charge in [-0.2, -0.15) is 0 Å². The van der Waals surface area contributed by atoms with Crippen molar-refractivity contribution in [3.05, 3.63) is 35.4 Å². The summed E-state index contributed by atoms with van der Waals surface area (Å²) in [6.45, 7) is 17.2. The zero-order valence-electron chi connectivity index (χ0n) is 19.4. The maximum atomic E-state index is 12.6. The van der Waals surface area contributed by atoms with Crippen LogP contribution in [-0.2, 0) is 9.94 Å². The van der Waals surface area contributed by atoms with Gasteiger partial charge in [-0.15, -0.1) is 10.3 Å². The van der Waals surface area contributed by atoms with Crippen molar-refractivity contribution in [1.82, 2.24) is 5.06 Å². The Balaban J connectivity index is 2.00. The van der Waals surface area contributed by atoms with Gasteiger partial charge in [-0.3, -0.25) is 0 Å². The molecule has 28 heavy (non-hydrogen) atoms. The van der Waals surface area contributed by atoms with Crippen molar-refractivity contribution in [3.8, 4) is 0 Å². The summed E-state index contributed by atoms with van der Waals surface area (Å²) >= 11 is 0. The number of hydrogen-bond acceptors (Lipinski definition) is 2. The molecular weight excluding hydrogens is 346 g/mol. The van der Waals surface area contributed by atoms with Crippen LogP contribution in [0.4, 0.5) is 0 Å². The fourth-order valence-electron chi connectivity index (χ4n) is 4.78. The van der Waals surface area contributed by atoms with Gasteiger partial charge in [0.1, 0.15) is 0 Å². The molecule has 3 heteroatoms. The van der Waals surface area contributed by atoms with Gasteiger partial charge >= 0.3 is 0 Å². The number of hydroxylamine groups is 2. The lowest BCUT2D eigenvalue weighted by molar-refractivity contribution is -0.303. The SMILES string of the molecule is CCC(CC(C)c1ccc(C(C)CC)cc1)OC1CC(C)(C)N([O])C(C)(C)C1. The summed E-state index contributed by atoms with van der Waals surface area (Å²) in [6.07, 6.45) is 5.20. The first-order chi connectivity index (χ1) is 13.0. The number of piperidine rings is 1. The molecular formula is C25H42NO2. The average Bonchev–Trinajstić information content (AvgIpc) is 2.64. The van der Waals surface area contributed by atoms with Crippen LogP contribution in [-0.4, -0.2) is 28.3 Å². The predicted octanol–water partition coefficient (Wildman–Crippen LogP) is 6.86. The summed E-state index contributed by atoms with van der Waals surface area (Å²) in [5, 5.41) is 13.9. The predicted molar refractivity (Wildman–Crippen MR) is 117 cm³/mol. The van der Waals surface area contributed by atoms with Gasteiger partial charge in [-0.1, -0.05) is 52.0 Å². The lowest BCUT2D eigenvalue weighted by Gasteiger charge is -2.50. The molecule has 1 aromatic rings. The van der Waals surface area contributed by atoms with Crippen LogP contribution in [0.5, 0.6) is 0 Å². The molecule has 1 saturated heterocycles. The van der Waals surface area contributed by atoms with Crippen molar-refractivity contribution < 1.29 is 9.94 Å². The second kappa shape index (κ2) is 9.28. The summed E-state index contributed by atoms with van der Waals surface area (Å²) in [5.74, 6) is 1.09. The zero-order valence-corrected chi connectivity index (χ0v) is 19.4. The van der Waals surface area contributed by atoms with Gasteiger partial charge < -0.3 is 4.74 Å². The highest BCUT2D eigenvalue weighted by molar-refractivity contribution is 5.27. The Morgan fingerprint density at radius 3 is 1.82 bits per heavy atom. The molecule has 1 radical (unpaired) electrons. The molecule has 1 aliphatic rings. The van der Waals surface area contributed by atoms with Crippen molar-refractivity contribution in [2.75, 3.05) is 0 Å². The van der Waals surface area contributed by atoms with E-state index in [-0.39, 0.29) is 23.3 Å². The minimum Gasteiger partial charge on any atom is -0.375 e. The molecule has 0 N–H and O–H groups in total. The van der Waals surface area contributed by atoms with Crippen molar-refractivity contribution in [1.29, 1.82) is 0 Å². The summed E-state index contributed by atoms with van der Waals surface area (Å²) in [6, 6.07) is 9.16. The van der Waals surface area contributed by atoms with E-state index in [1.165, 1.54) is 22.6 Å². The van der Waals surface area contributed by atoms with Gasteiger partial charge in [-0.05, 0) is 82.8 Å². The standard InChI is InChI=1S/C25H42NO2/c1-9-18(3)20-11-13-21(14-12-20)19(4)15-22(10-2)28-23-16-24(5,6)26(27)25(7,8)17-23/h11-14,18-19,22-23H,9-10,15-17H2,1-8H3. The quantitative estimate of drug-likeness (QED) is 0.487. The van der Waals surface area contributed by atoms with Crippen molar-refractivity contribution in [2.24, 2.45) is 0 Å². The van der Waals surface area contributed by atoms with E-state index in [0.29, 0.717) is 11.8 Å². The van der Waals surface area contributed by atoms with Gasteiger partial charge in [0.2, 0.25) is 0 Å².